The molecule has 0 unspecified atom stereocenters. The van der Waals surface area contributed by atoms with Gasteiger partial charge in [0.05, 0.1) is 18.1 Å². The molecule has 0 aromatic rings. The van der Waals surface area contributed by atoms with Gasteiger partial charge in [-0.1, -0.05) is 13.8 Å². The molecule has 128 valence electrons. The number of nitriles is 1. The largest absolute Gasteiger partial charge is 0.381 e. The molecule has 4 aliphatic rings. The zero-order chi connectivity index (χ0) is 16.2. The number of fused-ring (bicyclic) bond motifs is 5. The molecule has 2 heteroatoms. The minimum atomic E-state index is 0.314. The highest BCUT2D eigenvalue weighted by molar-refractivity contribution is 5.12. The van der Waals surface area contributed by atoms with Crippen molar-refractivity contribution in [3.63, 3.8) is 0 Å². The van der Waals surface area contributed by atoms with Gasteiger partial charge in [-0.05, 0) is 92.3 Å². The minimum absolute atomic E-state index is 0.314. The molecule has 0 N–H and O–H groups in total. The Hall–Kier alpha value is -0.550. The van der Waals surface area contributed by atoms with Gasteiger partial charge in [0, 0.05) is 7.11 Å². The van der Waals surface area contributed by atoms with Crippen molar-refractivity contribution in [1.29, 1.82) is 5.26 Å². The third-order valence-electron chi connectivity index (χ3n) is 9.06. The first kappa shape index (κ1) is 15.9. The summed E-state index contributed by atoms with van der Waals surface area (Å²) in [6, 6.07) is 2.66. The third kappa shape index (κ3) is 2.15. The molecular weight excluding hydrogens is 282 g/mol. The van der Waals surface area contributed by atoms with Crippen molar-refractivity contribution < 1.29 is 4.74 Å². The summed E-state index contributed by atoms with van der Waals surface area (Å²) in [5, 5.41) is 9.60. The summed E-state index contributed by atoms with van der Waals surface area (Å²) in [5.41, 5.74) is 0.808. The fourth-order valence-corrected chi connectivity index (χ4v) is 7.72. The molecule has 8 atom stereocenters. The number of methoxy groups -OCH3 is 1. The Morgan fingerprint density at radius 1 is 0.913 bits per heavy atom. The number of hydrogen-bond donors (Lipinski definition) is 0. The summed E-state index contributed by atoms with van der Waals surface area (Å²) < 4.78 is 5.78. The molecule has 4 fully saturated rings. The zero-order valence-corrected chi connectivity index (χ0v) is 15.2. The number of nitrogens with zero attached hydrogens (tertiary/aromatic N) is 1. The molecular formula is C21H33NO. The Kier molecular flexibility index (Phi) is 3.80. The lowest BCUT2D eigenvalue weighted by Gasteiger charge is -2.61. The Morgan fingerprint density at radius 2 is 1.65 bits per heavy atom. The van der Waals surface area contributed by atoms with Crippen LogP contribution in [0.5, 0.6) is 0 Å². The molecule has 0 aromatic heterocycles. The van der Waals surface area contributed by atoms with Crippen molar-refractivity contribution in [3.8, 4) is 6.07 Å². The van der Waals surface area contributed by atoms with Crippen molar-refractivity contribution in [2.75, 3.05) is 7.11 Å². The number of rotatable bonds is 1. The fraction of sp³-hybridized carbons (Fsp3) is 0.952. The number of hydrogen-bond acceptors (Lipinski definition) is 2. The van der Waals surface area contributed by atoms with E-state index in [0.29, 0.717) is 22.9 Å². The lowest BCUT2D eigenvalue weighted by atomic mass is 9.44. The van der Waals surface area contributed by atoms with E-state index in [9.17, 15) is 5.26 Å². The van der Waals surface area contributed by atoms with Crippen LogP contribution in [0.4, 0.5) is 0 Å². The van der Waals surface area contributed by atoms with E-state index in [1.54, 1.807) is 0 Å². The molecule has 0 aromatic carbocycles. The summed E-state index contributed by atoms with van der Waals surface area (Å²) in [7, 11) is 1.90. The Balaban J connectivity index is 1.62. The molecule has 0 spiro atoms. The van der Waals surface area contributed by atoms with E-state index in [0.717, 1.165) is 30.1 Å². The molecule has 4 aliphatic carbocycles. The van der Waals surface area contributed by atoms with Gasteiger partial charge in [0.2, 0.25) is 0 Å². The van der Waals surface area contributed by atoms with Crippen LogP contribution >= 0.6 is 0 Å². The third-order valence-corrected chi connectivity index (χ3v) is 9.06. The second kappa shape index (κ2) is 5.48. The monoisotopic (exact) mass is 315 g/mol. The minimum Gasteiger partial charge on any atom is -0.381 e. The standard InChI is InChI=1S/C21H33NO/c1-20-11-10-19-17(18(20)9-6-15(20)13-22)8-5-14-4-7-16(23-3)12-21(14,19)2/h14-19H,4-12H2,1-3H3/t14-,15-,16-,17+,18+,19+,20-,21+/m1/s1. The lowest BCUT2D eigenvalue weighted by Crippen LogP contribution is -2.54. The second-order valence-corrected chi connectivity index (χ2v) is 9.60. The average molecular weight is 316 g/mol. The Labute approximate surface area is 142 Å². The van der Waals surface area contributed by atoms with Crippen LogP contribution in [0, 0.1) is 51.8 Å². The van der Waals surface area contributed by atoms with E-state index < -0.39 is 0 Å². The van der Waals surface area contributed by atoms with Crippen LogP contribution in [0.15, 0.2) is 0 Å². The van der Waals surface area contributed by atoms with Gasteiger partial charge in [0.15, 0.2) is 0 Å². The Bertz CT molecular complexity index is 510. The molecule has 2 nitrogen and oxygen atoms in total. The van der Waals surface area contributed by atoms with Gasteiger partial charge in [-0.3, -0.25) is 0 Å². The van der Waals surface area contributed by atoms with Crippen molar-refractivity contribution >= 4 is 0 Å². The highest BCUT2D eigenvalue weighted by Gasteiger charge is 2.60. The molecule has 0 amide bonds. The molecule has 0 radical (unpaired) electrons. The van der Waals surface area contributed by atoms with Crippen LogP contribution in [0.1, 0.15) is 71.6 Å². The van der Waals surface area contributed by atoms with Crippen molar-refractivity contribution in [1.82, 2.24) is 0 Å². The molecule has 23 heavy (non-hydrogen) atoms. The summed E-state index contributed by atoms with van der Waals surface area (Å²) in [6.45, 7) is 5.04. The van der Waals surface area contributed by atoms with Crippen LogP contribution in [-0.4, -0.2) is 13.2 Å². The van der Waals surface area contributed by atoms with E-state index >= 15 is 0 Å². The SMILES string of the molecule is CO[C@@H]1CC[C@@H]2CC[C@@H]3[C@H](CC[C@]4(C)[C@@H](C#N)CC[C@@H]34)[C@@]2(C)C1. The highest BCUT2D eigenvalue weighted by atomic mass is 16.5. The smallest absolute Gasteiger partial charge is 0.0661 e. The normalized spacial score (nSPS) is 55.4. The van der Waals surface area contributed by atoms with E-state index in [2.05, 4.69) is 19.9 Å². The first-order chi connectivity index (χ1) is 11.0. The van der Waals surface area contributed by atoms with Crippen LogP contribution in [0.25, 0.3) is 0 Å². The van der Waals surface area contributed by atoms with Gasteiger partial charge in [-0.15, -0.1) is 0 Å². The van der Waals surface area contributed by atoms with Crippen molar-refractivity contribution in [3.05, 3.63) is 0 Å². The van der Waals surface area contributed by atoms with Gasteiger partial charge in [0.25, 0.3) is 0 Å². The topological polar surface area (TPSA) is 33.0 Å². The van der Waals surface area contributed by atoms with Gasteiger partial charge in [0.1, 0.15) is 0 Å². The van der Waals surface area contributed by atoms with E-state index in [-0.39, 0.29) is 0 Å². The van der Waals surface area contributed by atoms with E-state index in [1.807, 2.05) is 7.11 Å². The van der Waals surface area contributed by atoms with Gasteiger partial charge >= 0.3 is 0 Å². The summed E-state index contributed by atoms with van der Waals surface area (Å²) in [4.78, 5) is 0. The number of ether oxygens (including phenoxy) is 1. The second-order valence-electron chi connectivity index (χ2n) is 9.60. The van der Waals surface area contributed by atoms with Crippen LogP contribution in [-0.2, 0) is 4.74 Å². The lowest BCUT2D eigenvalue weighted by molar-refractivity contribution is -0.132. The predicted octanol–water partition coefficient (Wildman–Crippen LogP) is 5.18. The first-order valence-corrected chi connectivity index (χ1v) is 9.95. The molecule has 0 saturated heterocycles. The van der Waals surface area contributed by atoms with Crippen LogP contribution in [0.2, 0.25) is 0 Å². The predicted molar refractivity (Wildman–Crippen MR) is 91.6 cm³/mol. The van der Waals surface area contributed by atoms with Gasteiger partial charge in [-0.25, -0.2) is 0 Å². The van der Waals surface area contributed by atoms with Gasteiger partial charge < -0.3 is 4.74 Å². The van der Waals surface area contributed by atoms with Crippen molar-refractivity contribution in [2.24, 2.45) is 40.4 Å². The van der Waals surface area contributed by atoms with Gasteiger partial charge in [-0.2, -0.15) is 5.26 Å². The van der Waals surface area contributed by atoms with Crippen molar-refractivity contribution in [2.45, 2.75) is 77.7 Å². The summed E-state index contributed by atoms with van der Waals surface area (Å²) >= 11 is 0. The maximum absolute atomic E-state index is 9.60. The van der Waals surface area contributed by atoms with E-state index in [4.69, 9.17) is 4.74 Å². The average Bonchev–Trinajstić information content (AvgIpc) is 2.90. The maximum atomic E-state index is 9.60. The van der Waals surface area contributed by atoms with Crippen LogP contribution in [0.3, 0.4) is 0 Å². The summed E-state index contributed by atoms with van der Waals surface area (Å²) in [6.07, 6.45) is 12.4. The molecule has 4 rings (SSSR count). The van der Waals surface area contributed by atoms with E-state index in [1.165, 1.54) is 51.4 Å². The molecule has 4 saturated carbocycles. The zero-order valence-electron chi connectivity index (χ0n) is 15.2. The Morgan fingerprint density at radius 3 is 2.39 bits per heavy atom. The van der Waals surface area contributed by atoms with Crippen LogP contribution < -0.4 is 0 Å². The first-order valence-electron chi connectivity index (χ1n) is 9.95. The molecule has 0 bridgehead atoms. The molecule has 0 aliphatic heterocycles. The quantitative estimate of drug-likeness (QED) is 0.667. The maximum Gasteiger partial charge on any atom is 0.0661 e. The molecule has 0 heterocycles. The highest BCUT2D eigenvalue weighted by Crippen LogP contribution is 2.67. The fourth-order valence-electron chi connectivity index (χ4n) is 7.72. The summed E-state index contributed by atoms with van der Waals surface area (Å²) in [5.74, 6) is 3.81.